The molecule has 0 radical (unpaired) electrons. The van der Waals surface area contributed by atoms with E-state index in [1.54, 1.807) is 0 Å². The van der Waals surface area contributed by atoms with E-state index >= 15 is 0 Å². The van der Waals surface area contributed by atoms with Gasteiger partial charge >= 0.3 is 0 Å². The van der Waals surface area contributed by atoms with Crippen LogP contribution in [0.5, 0.6) is 0 Å². The smallest absolute Gasteiger partial charge is 0.0411 e. The van der Waals surface area contributed by atoms with Gasteiger partial charge in [0.05, 0.1) is 0 Å². The summed E-state index contributed by atoms with van der Waals surface area (Å²) in [5.74, 6) is 0. The molecule has 0 saturated carbocycles. The lowest BCUT2D eigenvalue weighted by Crippen LogP contribution is -2.29. The predicted octanol–water partition coefficient (Wildman–Crippen LogP) is 3.73. The summed E-state index contributed by atoms with van der Waals surface area (Å²) < 4.78 is 0. The fourth-order valence-electron chi connectivity index (χ4n) is 2.11. The van der Waals surface area contributed by atoms with Crippen LogP contribution in [-0.4, -0.2) is 19.6 Å². The van der Waals surface area contributed by atoms with Crippen LogP contribution in [0.3, 0.4) is 0 Å². The van der Waals surface area contributed by atoms with Crippen LogP contribution in [0.15, 0.2) is 18.2 Å². The highest BCUT2D eigenvalue weighted by molar-refractivity contribution is 5.55. The fraction of sp³-hybridized carbons (Fsp3) is 0.625. The summed E-state index contributed by atoms with van der Waals surface area (Å²) in [5, 5.41) is 3.50. The maximum atomic E-state index is 3.50. The third-order valence-electron chi connectivity index (χ3n) is 3.61. The second-order valence-corrected chi connectivity index (χ2v) is 5.18. The van der Waals surface area contributed by atoms with Gasteiger partial charge in [-0.2, -0.15) is 0 Å². The standard InChI is InChI=1S/C16H28N2/c1-6-10-17-12-15-11-13(3)8-9-16(15)18(5)14(4)7-2/h8-9,11,14,17H,6-7,10,12H2,1-5H3. The minimum absolute atomic E-state index is 0.581. The molecule has 1 N–H and O–H groups in total. The fourth-order valence-corrected chi connectivity index (χ4v) is 2.11. The SMILES string of the molecule is CCCNCc1cc(C)ccc1N(C)C(C)CC. The van der Waals surface area contributed by atoms with Crippen molar-refractivity contribution in [2.75, 3.05) is 18.5 Å². The van der Waals surface area contributed by atoms with Crippen molar-refractivity contribution in [3.8, 4) is 0 Å². The first-order valence-corrected chi connectivity index (χ1v) is 7.13. The summed E-state index contributed by atoms with van der Waals surface area (Å²) in [4.78, 5) is 2.39. The van der Waals surface area contributed by atoms with Crippen LogP contribution in [0.2, 0.25) is 0 Å². The van der Waals surface area contributed by atoms with Crippen LogP contribution in [0.4, 0.5) is 5.69 Å². The van der Waals surface area contributed by atoms with Gasteiger partial charge in [-0.25, -0.2) is 0 Å². The van der Waals surface area contributed by atoms with Gasteiger partial charge in [-0.3, -0.25) is 0 Å². The van der Waals surface area contributed by atoms with E-state index in [1.165, 1.54) is 29.7 Å². The van der Waals surface area contributed by atoms with Crippen molar-refractivity contribution < 1.29 is 0 Å². The zero-order valence-corrected chi connectivity index (χ0v) is 12.6. The number of rotatable bonds is 7. The van der Waals surface area contributed by atoms with Gasteiger partial charge < -0.3 is 10.2 Å². The molecule has 1 aromatic carbocycles. The summed E-state index contributed by atoms with van der Waals surface area (Å²) in [7, 11) is 2.20. The number of nitrogens with zero attached hydrogens (tertiary/aromatic N) is 1. The number of benzene rings is 1. The number of nitrogens with one attached hydrogen (secondary N) is 1. The van der Waals surface area contributed by atoms with Crippen LogP contribution >= 0.6 is 0 Å². The third kappa shape index (κ3) is 4.02. The zero-order valence-electron chi connectivity index (χ0n) is 12.6. The minimum Gasteiger partial charge on any atom is -0.372 e. The predicted molar refractivity (Wildman–Crippen MR) is 81.3 cm³/mol. The number of hydrogen-bond acceptors (Lipinski definition) is 2. The second-order valence-electron chi connectivity index (χ2n) is 5.18. The molecule has 0 aliphatic rings. The Bertz CT molecular complexity index is 360. The van der Waals surface area contributed by atoms with Gasteiger partial charge in [0, 0.05) is 25.3 Å². The monoisotopic (exact) mass is 248 g/mol. The van der Waals surface area contributed by atoms with Gasteiger partial charge in [-0.15, -0.1) is 0 Å². The van der Waals surface area contributed by atoms with Crippen molar-refractivity contribution >= 4 is 5.69 Å². The summed E-state index contributed by atoms with van der Waals surface area (Å²) in [6, 6.07) is 7.34. The molecule has 0 aliphatic heterocycles. The Kier molecular flexibility index (Phi) is 6.20. The highest BCUT2D eigenvalue weighted by Gasteiger charge is 2.11. The average Bonchev–Trinajstić information content (AvgIpc) is 2.37. The van der Waals surface area contributed by atoms with Gasteiger partial charge in [0.1, 0.15) is 0 Å². The van der Waals surface area contributed by atoms with Crippen molar-refractivity contribution in [3.05, 3.63) is 29.3 Å². The average molecular weight is 248 g/mol. The first-order chi connectivity index (χ1) is 8.60. The maximum absolute atomic E-state index is 3.50. The summed E-state index contributed by atoms with van der Waals surface area (Å²) >= 11 is 0. The van der Waals surface area contributed by atoms with E-state index in [0.717, 1.165) is 13.1 Å². The van der Waals surface area contributed by atoms with Gasteiger partial charge in [-0.1, -0.05) is 31.5 Å². The Morgan fingerprint density at radius 3 is 2.61 bits per heavy atom. The number of hydrogen-bond donors (Lipinski definition) is 1. The Hall–Kier alpha value is -1.02. The molecule has 2 heteroatoms. The molecule has 0 saturated heterocycles. The molecular formula is C16H28N2. The van der Waals surface area contributed by atoms with Gasteiger partial charge in [0.25, 0.3) is 0 Å². The topological polar surface area (TPSA) is 15.3 Å². The lowest BCUT2D eigenvalue weighted by atomic mass is 10.1. The largest absolute Gasteiger partial charge is 0.372 e. The first kappa shape index (κ1) is 15.0. The zero-order chi connectivity index (χ0) is 13.5. The molecule has 1 aromatic rings. The maximum Gasteiger partial charge on any atom is 0.0411 e. The lowest BCUT2D eigenvalue weighted by molar-refractivity contribution is 0.647. The second kappa shape index (κ2) is 7.42. The molecule has 1 rings (SSSR count). The molecule has 0 aromatic heterocycles. The van der Waals surface area contributed by atoms with Crippen LogP contribution in [0.25, 0.3) is 0 Å². The van der Waals surface area contributed by atoms with Crippen molar-refractivity contribution in [2.45, 2.75) is 53.1 Å². The van der Waals surface area contributed by atoms with Crippen molar-refractivity contribution in [3.63, 3.8) is 0 Å². The molecule has 0 aliphatic carbocycles. The molecule has 0 bridgehead atoms. The molecule has 102 valence electrons. The molecule has 2 nitrogen and oxygen atoms in total. The Morgan fingerprint density at radius 1 is 1.28 bits per heavy atom. The molecule has 1 unspecified atom stereocenters. The quantitative estimate of drug-likeness (QED) is 0.740. The molecule has 0 fully saturated rings. The Balaban J connectivity index is 2.88. The number of anilines is 1. The minimum atomic E-state index is 0.581. The Labute approximate surface area is 112 Å². The molecule has 0 spiro atoms. The third-order valence-corrected chi connectivity index (χ3v) is 3.61. The van der Waals surface area contributed by atoms with E-state index in [4.69, 9.17) is 0 Å². The van der Waals surface area contributed by atoms with Crippen molar-refractivity contribution in [1.29, 1.82) is 0 Å². The number of aryl methyl sites for hydroxylation is 1. The lowest BCUT2D eigenvalue weighted by Gasteiger charge is -2.28. The van der Waals surface area contributed by atoms with E-state index in [1.807, 2.05) is 0 Å². The van der Waals surface area contributed by atoms with Crippen LogP contribution in [0, 0.1) is 6.92 Å². The molecule has 0 heterocycles. The molecular weight excluding hydrogens is 220 g/mol. The van der Waals surface area contributed by atoms with Crippen LogP contribution in [0.1, 0.15) is 44.7 Å². The van der Waals surface area contributed by atoms with E-state index in [0.29, 0.717) is 6.04 Å². The van der Waals surface area contributed by atoms with E-state index in [-0.39, 0.29) is 0 Å². The van der Waals surface area contributed by atoms with Crippen LogP contribution < -0.4 is 10.2 Å². The van der Waals surface area contributed by atoms with Crippen molar-refractivity contribution in [1.82, 2.24) is 5.32 Å². The molecule has 18 heavy (non-hydrogen) atoms. The molecule has 0 amide bonds. The van der Waals surface area contributed by atoms with Crippen LogP contribution in [-0.2, 0) is 6.54 Å². The summed E-state index contributed by atoms with van der Waals surface area (Å²) in [6.07, 6.45) is 2.36. The first-order valence-electron chi connectivity index (χ1n) is 7.13. The summed E-state index contributed by atoms with van der Waals surface area (Å²) in [6.45, 7) is 10.9. The molecule has 1 atom stereocenters. The van der Waals surface area contributed by atoms with Gasteiger partial charge in [0.2, 0.25) is 0 Å². The van der Waals surface area contributed by atoms with Crippen molar-refractivity contribution in [2.24, 2.45) is 0 Å². The van der Waals surface area contributed by atoms with E-state index in [2.05, 4.69) is 63.2 Å². The highest BCUT2D eigenvalue weighted by atomic mass is 15.1. The Morgan fingerprint density at radius 2 is 2.00 bits per heavy atom. The van der Waals surface area contributed by atoms with Gasteiger partial charge in [0.15, 0.2) is 0 Å². The van der Waals surface area contributed by atoms with E-state index in [9.17, 15) is 0 Å². The van der Waals surface area contributed by atoms with Gasteiger partial charge in [-0.05, 0) is 44.9 Å². The van der Waals surface area contributed by atoms with E-state index < -0.39 is 0 Å². The summed E-state index contributed by atoms with van der Waals surface area (Å²) in [5.41, 5.74) is 4.11. The highest BCUT2D eigenvalue weighted by Crippen LogP contribution is 2.23. The normalized spacial score (nSPS) is 12.5.